The van der Waals surface area contributed by atoms with Gasteiger partial charge in [0, 0.05) is 36.0 Å². The van der Waals surface area contributed by atoms with Crippen LogP contribution in [0.1, 0.15) is 146 Å². The first-order valence-corrected chi connectivity index (χ1v) is 24.1. The predicted molar refractivity (Wildman–Crippen MR) is 244 cm³/mol. The van der Waals surface area contributed by atoms with E-state index in [-0.39, 0.29) is 86.5 Å². The summed E-state index contributed by atoms with van der Waals surface area (Å²) in [5.41, 5.74) is 0.233. The molecule has 1 spiro atoms. The molecule has 0 amide bonds. The van der Waals surface area contributed by atoms with Crippen LogP contribution >= 0.6 is 0 Å². The fourth-order valence-corrected chi connectivity index (χ4v) is 10.4. The first-order chi connectivity index (χ1) is 31.2. The third-order valence-corrected chi connectivity index (χ3v) is 13.0. The lowest BCUT2D eigenvalue weighted by Gasteiger charge is -2.57. The summed E-state index contributed by atoms with van der Waals surface area (Å²) in [6, 6.07) is 0. The van der Waals surface area contributed by atoms with E-state index in [1.54, 1.807) is 20.8 Å². The van der Waals surface area contributed by atoms with E-state index in [0.29, 0.717) is 42.3 Å². The van der Waals surface area contributed by atoms with E-state index in [2.05, 4.69) is 19.7 Å². The van der Waals surface area contributed by atoms with Crippen molar-refractivity contribution >= 4 is 29.8 Å². The quantitative estimate of drug-likeness (QED) is 0.0983. The minimum absolute atomic E-state index is 0.0842. The van der Waals surface area contributed by atoms with Crippen molar-refractivity contribution in [3.05, 3.63) is 36.5 Å². The molecule has 67 heavy (non-hydrogen) atoms. The lowest BCUT2D eigenvalue weighted by molar-refractivity contribution is -0.332. The van der Waals surface area contributed by atoms with E-state index >= 15 is 0 Å². The first-order valence-electron chi connectivity index (χ1n) is 24.1. The number of rotatable bonds is 13. The molecule has 0 aromatic heterocycles. The Kier molecular flexibility index (Phi) is 18.1. The summed E-state index contributed by atoms with van der Waals surface area (Å²) in [5, 5.41) is 0. The normalized spacial score (nSPS) is 31.7. The van der Waals surface area contributed by atoms with Gasteiger partial charge >= 0.3 is 29.8 Å². The zero-order valence-electron chi connectivity index (χ0n) is 41.8. The van der Waals surface area contributed by atoms with Crippen molar-refractivity contribution in [3.63, 3.8) is 0 Å². The Morgan fingerprint density at radius 1 is 0.597 bits per heavy atom. The Morgan fingerprint density at radius 3 is 1.54 bits per heavy atom. The van der Waals surface area contributed by atoms with Crippen molar-refractivity contribution < 1.29 is 76.1 Å². The first kappa shape index (κ1) is 54.3. The molecule has 378 valence electrons. The molecule has 3 saturated heterocycles. The van der Waals surface area contributed by atoms with Crippen molar-refractivity contribution in [3.8, 4) is 0 Å². The van der Waals surface area contributed by atoms with Gasteiger partial charge in [0.25, 0.3) is 0 Å². The molecule has 16 nitrogen and oxygen atoms in total. The molecule has 0 N–H and O–H groups in total. The third kappa shape index (κ3) is 15.9. The van der Waals surface area contributed by atoms with Gasteiger partial charge in [-0.15, -0.1) is 0 Å². The molecule has 3 aliphatic heterocycles. The minimum Gasteiger partial charge on any atom is -0.462 e. The summed E-state index contributed by atoms with van der Waals surface area (Å²) in [7, 11) is 0. The fraction of sp³-hybridized carbons (Fsp3) is 0.784. The molecule has 0 radical (unpaired) electrons. The molecule has 6 unspecified atom stereocenters. The van der Waals surface area contributed by atoms with E-state index in [0.717, 1.165) is 64.2 Å². The Hall–Kier alpha value is -3.67. The van der Waals surface area contributed by atoms with Gasteiger partial charge in [-0.05, 0) is 132 Å². The number of carbonyl (C=O) groups is 5. The average molecular weight is 947 g/mol. The molecule has 6 atom stereocenters. The second kappa shape index (κ2) is 22.4. The number of hydrogen-bond donors (Lipinski definition) is 0. The van der Waals surface area contributed by atoms with Gasteiger partial charge in [0.05, 0.1) is 37.3 Å². The van der Waals surface area contributed by atoms with Crippen molar-refractivity contribution in [2.24, 2.45) is 23.2 Å². The summed E-state index contributed by atoms with van der Waals surface area (Å²) < 4.78 is 61.5. The van der Waals surface area contributed by atoms with Gasteiger partial charge in [-0.2, -0.15) is 0 Å². The standard InChI is InChI=1S/C21H30O6.C20H32O6.C10H16O4/c1-12(2)18(22)26-17-14-5-13-6-15(17)9-21(7-13,8-14)19(23)24-10-16-11-25-20(3,4)27-16;1-14(2)18(22)23-13-16-11-15(12-17(21)26-19(3,4)5)24-20(25-16)9-7-6-8-10-20;1-7(2)9(11)12-5-8-6-13-10(3,4)14-8/h13-17H,1,5-11H2,2-4H3;15-16H,1,6-13H2,2-5H3;8H,1,5-6H2,2-4H3. The zero-order valence-corrected chi connectivity index (χ0v) is 41.8. The lowest BCUT2D eigenvalue weighted by atomic mass is 9.48. The van der Waals surface area contributed by atoms with Gasteiger partial charge in [0.1, 0.15) is 43.7 Å². The molecule has 8 fully saturated rings. The van der Waals surface area contributed by atoms with Gasteiger partial charge in [0.2, 0.25) is 0 Å². The van der Waals surface area contributed by atoms with Crippen LogP contribution in [0.25, 0.3) is 0 Å². The molecule has 5 aliphatic carbocycles. The van der Waals surface area contributed by atoms with Crippen LogP contribution in [0.4, 0.5) is 0 Å². The van der Waals surface area contributed by atoms with Crippen molar-refractivity contribution in [2.75, 3.05) is 33.0 Å². The van der Waals surface area contributed by atoms with Gasteiger partial charge < -0.3 is 52.1 Å². The highest BCUT2D eigenvalue weighted by atomic mass is 16.8. The highest BCUT2D eigenvalue weighted by molar-refractivity contribution is 5.88. The number of hydrogen-bond acceptors (Lipinski definition) is 16. The molecule has 4 bridgehead atoms. The van der Waals surface area contributed by atoms with Gasteiger partial charge in [-0.25, -0.2) is 14.4 Å². The van der Waals surface area contributed by atoms with Gasteiger partial charge in [0.15, 0.2) is 17.4 Å². The fourth-order valence-electron chi connectivity index (χ4n) is 10.4. The molecule has 8 aliphatic rings. The molecular weight excluding hydrogens is 869 g/mol. The summed E-state index contributed by atoms with van der Waals surface area (Å²) >= 11 is 0. The van der Waals surface area contributed by atoms with E-state index in [1.165, 1.54) is 0 Å². The molecule has 8 rings (SSSR count). The topological polar surface area (TPSA) is 187 Å². The minimum atomic E-state index is -0.677. The summed E-state index contributed by atoms with van der Waals surface area (Å²) in [5.74, 6) is -2.37. The van der Waals surface area contributed by atoms with Crippen LogP contribution in [0.5, 0.6) is 0 Å². The zero-order chi connectivity index (χ0) is 49.5. The smallest absolute Gasteiger partial charge is 0.333 e. The highest BCUT2D eigenvalue weighted by Gasteiger charge is 2.60. The number of esters is 5. The predicted octanol–water partition coefficient (Wildman–Crippen LogP) is 7.92. The Morgan fingerprint density at radius 2 is 1.07 bits per heavy atom. The SMILES string of the molecule is C=C(C)C(=O)OC1C2CC3CC1CC(C(=O)OCC1COC(C)(C)O1)(C3)C2.C=C(C)C(=O)OCC1CC(CC(=O)OC(C)(C)C)OC2(CCCCC2)O1.C=C(C)C(=O)OCC1COC(C)(C)O1. The van der Waals surface area contributed by atoms with E-state index < -0.39 is 40.3 Å². The average Bonchev–Trinajstić information content (AvgIpc) is 3.77. The van der Waals surface area contributed by atoms with Crippen LogP contribution in [0, 0.1) is 23.2 Å². The van der Waals surface area contributed by atoms with E-state index in [1.807, 2.05) is 48.5 Å². The lowest BCUT2D eigenvalue weighted by Crippen LogP contribution is -2.57. The monoisotopic (exact) mass is 947 g/mol. The molecule has 5 saturated carbocycles. The second-order valence-electron chi connectivity index (χ2n) is 21.6. The molecular formula is C51H78O16. The molecule has 16 heteroatoms. The largest absolute Gasteiger partial charge is 0.462 e. The molecule has 3 heterocycles. The second-order valence-corrected chi connectivity index (χ2v) is 21.6. The van der Waals surface area contributed by atoms with Crippen LogP contribution in [0.2, 0.25) is 0 Å². The van der Waals surface area contributed by atoms with Crippen molar-refractivity contribution in [1.82, 2.24) is 0 Å². The number of carbonyl (C=O) groups excluding carboxylic acids is 5. The van der Waals surface area contributed by atoms with Crippen LogP contribution in [-0.4, -0.2) is 116 Å². The van der Waals surface area contributed by atoms with Gasteiger partial charge in [-0.1, -0.05) is 26.2 Å². The van der Waals surface area contributed by atoms with Crippen LogP contribution in [0.3, 0.4) is 0 Å². The summed E-state index contributed by atoms with van der Waals surface area (Å²) in [6.07, 6.45) is 8.87. The van der Waals surface area contributed by atoms with Crippen LogP contribution < -0.4 is 0 Å². The van der Waals surface area contributed by atoms with Crippen LogP contribution in [0.15, 0.2) is 36.5 Å². The van der Waals surface area contributed by atoms with Crippen molar-refractivity contribution in [2.45, 2.75) is 200 Å². The molecule has 0 aromatic rings. The van der Waals surface area contributed by atoms with Crippen LogP contribution in [-0.2, 0) is 76.1 Å². The van der Waals surface area contributed by atoms with Crippen molar-refractivity contribution in [1.29, 1.82) is 0 Å². The maximum Gasteiger partial charge on any atom is 0.333 e. The number of ether oxygens (including phenoxy) is 11. The summed E-state index contributed by atoms with van der Waals surface area (Å²) in [6.45, 7) is 30.1. The maximum absolute atomic E-state index is 13.0. The molecule has 0 aromatic carbocycles. The van der Waals surface area contributed by atoms with Gasteiger partial charge in [-0.3, -0.25) is 9.59 Å². The van der Waals surface area contributed by atoms with E-state index in [9.17, 15) is 24.0 Å². The Bertz CT molecular complexity index is 1800. The maximum atomic E-state index is 13.0. The summed E-state index contributed by atoms with van der Waals surface area (Å²) in [4.78, 5) is 60.0. The van der Waals surface area contributed by atoms with E-state index in [4.69, 9.17) is 52.1 Å². The third-order valence-electron chi connectivity index (χ3n) is 13.0. The highest BCUT2D eigenvalue weighted by Crippen LogP contribution is 2.61. The Balaban J connectivity index is 0.000000198. The Labute approximate surface area is 397 Å².